The van der Waals surface area contributed by atoms with E-state index >= 15 is 0 Å². The molecule has 0 heterocycles. The Morgan fingerprint density at radius 1 is 0.964 bits per heavy atom. The summed E-state index contributed by atoms with van der Waals surface area (Å²) >= 11 is 0. The van der Waals surface area contributed by atoms with Gasteiger partial charge in [-0.15, -0.1) is 0 Å². The molecule has 0 radical (unpaired) electrons. The molecule has 0 amide bonds. The molecule has 0 saturated heterocycles. The monoisotopic (exact) mass is 390 g/mol. The zero-order valence-electron chi connectivity index (χ0n) is 19.9. The van der Waals surface area contributed by atoms with Gasteiger partial charge in [0, 0.05) is 11.8 Å². The first-order valence-corrected chi connectivity index (χ1v) is 12.2. The van der Waals surface area contributed by atoms with Crippen LogP contribution in [0, 0.1) is 28.6 Å². The lowest BCUT2D eigenvalue weighted by Gasteiger charge is -2.57. The number of rotatable bonds is 2. The van der Waals surface area contributed by atoms with E-state index in [4.69, 9.17) is 4.74 Å². The van der Waals surface area contributed by atoms with Gasteiger partial charge < -0.3 is 4.74 Å². The summed E-state index contributed by atoms with van der Waals surface area (Å²) in [4.78, 5) is 12.5. The quantitative estimate of drug-likeness (QED) is 0.460. The predicted octanol–water partition coefficient (Wildman–Crippen LogP) is 7.36. The number of allylic oxidation sites excluding steroid dienone is 1. The van der Waals surface area contributed by atoms with E-state index in [1.54, 1.807) is 5.57 Å². The van der Waals surface area contributed by atoms with E-state index in [1.165, 1.54) is 25.7 Å². The standard InChI is InChI=1S/C22H34O2.2C2H6/c1-14(2)24-16-9-11-21(3)15(13-16)5-6-17-18-7-8-20(23)22(18,4)12-10-19(17)21;2*1-2/h5,14,16-19H,6-13H2,1-4H3;2*1-2H3. The number of ether oxygens (including phenoxy) is 1. The third-order valence-corrected chi connectivity index (χ3v) is 8.23. The Balaban J connectivity index is 0.000000660. The molecular weight excluding hydrogens is 344 g/mol. The maximum absolute atomic E-state index is 12.5. The molecule has 6 atom stereocenters. The second-order valence-electron chi connectivity index (χ2n) is 9.73. The molecule has 0 aromatic carbocycles. The molecule has 162 valence electrons. The van der Waals surface area contributed by atoms with Gasteiger partial charge in [-0.2, -0.15) is 0 Å². The fraction of sp³-hybridized carbons (Fsp3) is 0.885. The van der Waals surface area contributed by atoms with E-state index < -0.39 is 0 Å². The minimum Gasteiger partial charge on any atom is -0.375 e. The molecule has 0 aromatic rings. The third-order valence-electron chi connectivity index (χ3n) is 8.23. The van der Waals surface area contributed by atoms with Gasteiger partial charge in [0.2, 0.25) is 0 Å². The highest BCUT2D eigenvalue weighted by Crippen LogP contribution is 2.64. The molecule has 0 bridgehead atoms. The van der Waals surface area contributed by atoms with Gasteiger partial charge >= 0.3 is 0 Å². The zero-order chi connectivity index (χ0) is 21.1. The maximum Gasteiger partial charge on any atom is 0.139 e. The van der Waals surface area contributed by atoms with Crippen molar-refractivity contribution >= 4 is 5.78 Å². The summed E-state index contributed by atoms with van der Waals surface area (Å²) in [6.07, 6.45) is 12.5. The summed E-state index contributed by atoms with van der Waals surface area (Å²) in [5.41, 5.74) is 2.04. The molecule has 6 unspecified atom stereocenters. The second kappa shape index (κ2) is 9.45. The summed E-state index contributed by atoms with van der Waals surface area (Å²) < 4.78 is 6.14. The average Bonchev–Trinajstić information content (AvgIpc) is 3.00. The lowest BCUT2D eigenvalue weighted by Crippen LogP contribution is -2.50. The Morgan fingerprint density at radius 3 is 2.21 bits per heavy atom. The van der Waals surface area contributed by atoms with Gasteiger partial charge in [0.1, 0.15) is 5.78 Å². The van der Waals surface area contributed by atoms with Crippen LogP contribution in [0.25, 0.3) is 0 Å². The number of carbonyl (C=O) groups excluding carboxylic acids is 1. The van der Waals surface area contributed by atoms with Crippen molar-refractivity contribution in [2.24, 2.45) is 28.6 Å². The van der Waals surface area contributed by atoms with Crippen molar-refractivity contribution in [2.75, 3.05) is 0 Å². The maximum atomic E-state index is 12.5. The Kier molecular flexibility index (Phi) is 7.98. The first kappa shape index (κ1) is 23.6. The van der Waals surface area contributed by atoms with Crippen LogP contribution in [-0.4, -0.2) is 18.0 Å². The number of hydrogen-bond donors (Lipinski definition) is 0. The summed E-state index contributed by atoms with van der Waals surface area (Å²) in [6, 6.07) is 0. The molecule has 0 N–H and O–H groups in total. The molecule has 28 heavy (non-hydrogen) atoms. The van der Waals surface area contributed by atoms with Crippen LogP contribution in [0.5, 0.6) is 0 Å². The molecule has 4 rings (SSSR count). The van der Waals surface area contributed by atoms with Gasteiger partial charge in [0.25, 0.3) is 0 Å². The van der Waals surface area contributed by atoms with Crippen molar-refractivity contribution in [1.82, 2.24) is 0 Å². The van der Waals surface area contributed by atoms with E-state index in [9.17, 15) is 4.79 Å². The predicted molar refractivity (Wildman–Crippen MR) is 119 cm³/mol. The second-order valence-corrected chi connectivity index (χ2v) is 9.73. The minimum absolute atomic E-state index is 0.000819. The average molecular weight is 391 g/mol. The van der Waals surface area contributed by atoms with Crippen LogP contribution >= 0.6 is 0 Å². The Hall–Kier alpha value is -0.630. The smallest absolute Gasteiger partial charge is 0.139 e. The summed E-state index contributed by atoms with van der Waals surface area (Å²) in [6.45, 7) is 17.1. The van der Waals surface area contributed by atoms with Crippen molar-refractivity contribution in [3.05, 3.63) is 11.6 Å². The normalized spacial score (nSPS) is 41.5. The van der Waals surface area contributed by atoms with Crippen molar-refractivity contribution in [3.63, 3.8) is 0 Å². The van der Waals surface area contributed by atoms with Gasteiger partial charge in [-0.25, -0.2) is 0 Å². The fourth-order valence-electron chi connectivity index (χ4n) is 6.90. The molecule has 0 aromatic heterocycles. The first-order chi connectivity index (χ1) is 13.3. The molecule has 0 spiro atoms. The van der Waals surface area contributed by atoms with Gasteiger partial charge in [0.15, 0.2) is 0 Å². The first-order valence-electron chi connectivity index (χ1n) is 12.2. The van der Waals surface area contributed by atoms with Crippen molar-refractivity contribution < 1.29 is 9.53 Å². The molecular formula is C26H46O2. The number of fused-ring (bicyclic) bond motifs is 5. The van der Waals surface area contributed by atoms with E-state index in [2.05, 4.69) is 33.8 Å². The Morgan fingerprint density at radius 2 is 1.57 bits per heavy atom. The van der Waals surface area contributed by atoms with Crippen LogP contribution in [0.4, 0.5) is 0 Å². The van der Waals surface area contributed by atoms with Crippen LogP contribution in [0.15, 0.2) is 11.6 Å². The molecule has 2 nitrogen and oxygen atoms in total. The molecule has 3 fully saturated rings. The van der Waals surface area contributed by atoms with Crippen molar-refractivity contribution in [1.29, 1.82) is 0 Å². The van der Waals surface area contributed by atoms with Crippen LogP contribution in [0.3, 0.4) is 0 Å². The number of ketones is 1. The summed E-state index contributed by atoms with van der Waals surface area (Å²) in [5, 5.41) is 0. The molecule has 2 heteroatoms. The van der Waals surface area contributed by atoms with Gasteiger partial charge in [-0.3, -0.25) is 4.79 Å². The molecule has 0 aliphatic heterocycles. The number of carbonyl (C=O) groups is 1. The van der Waals surface area contributed by atoms with Crippen molar-refractivity contribution in [2.45, 2.75) is 119 Å². The highest BCUT2D eigenvalue weighted by molar-refractivity contribution is 5.87. The van der Waals surface area contributed by atoms with Gasteiger partial charge in [-0.1, -0.05) is 53.2 Å². The lowest BCUT2D eigenvalue weighted by atomic mass is 9.48. The number of hydrogen-bond acceptors (Lipinski definition) is 2. The van der Waals surface area contributed by atoms with Crippen LogP contribution in [0.2, 0.25) is 0 Å². The summed E-state index contributed by atoms with van der Waals surface area (Å²) in [5.74, 6) is 2.73. The van der Waals surface area contributed by atoms with E-state index in [1.807, 2.05) is 27.7 Å². The zero-order valence-corrected chi connectivity index (χ0v) is 19.9. The van der Waals surface area contributed by atoms with E-state index in [-0.39, 0.29) is 5.41 Å². The molecule has 4 aliphatic carbocycles. The van der Waals surface area contributed by atoms with Gasteiger partial charge in [0.05, 0.1) is 12.2 Å². The molecule has 3 saturated carbocycles. The fourth-order valence-corrected chi connectivity index (χ4v) is 6.90. The minimum atomic E-state index is 0.000819. The highest BCUT2D eigenvalue weighted by Gasteiger charge is 2.58. The Bertz CT molecular complexity index is 563. The highest BCUT2D eigenvalue weighted by atomic mass is 16.5. The SMILES string of the molecule is CC.CC.CC(C)OC1CCC2(C)C(=CCC3C4CCC(=O)C4(C)CCC32)C1. The van der Waals surface area contributed by atoms with Crippen LogP contribution in [-0.2, 0) is 9.53 Å². The van der Waals surface area contributed by atoms with E-state index in [0.717, 1.165) is 37.5 Å². The topological polar surface area (TPSA) is 26.3 Å². The lowest BCUT2D eigenvalue weighted by molar-refractivity contribution is -0.132. The molecule has 4 aliphatic rings. The summed E-state index contributed by atoms with van der Waals surface area (Å²) in [7, 11) is 0. The Labute approximate surface area is 174 Å². The van der Waals surface area contributed by atoms with Crippen molar-refractivity contribution in [3.8, 4) is 0 Å². The third kappa shape index (κ3) is 4.00. The van der Waals surface area contributed by atoms with E-state index in [0.29, 0.717) is 29.3 Å². The van der Waals surface area contributed by atoms with Crippen LogP contribution < -0.4 is 0 Å². The number of Topliss-reactive ketones (excluding diaryl/α,β-unsaturated/α-hetero) is 1. The largest absolute Gasteiger partial charge is 0.375 e. The van der Waals surface area contributed by atoms with Crippen LogP contribution in [0.1, 0.15) is 107 Å². The van der Waals surface area contributed by atoms with Gasteiger partial charge in [-0.05, 0) is 82.0 Å².